The lowest BCUT2D eigenvalue weighted by Gasteiger charge is -2.19. The van der Waals surface area contributed by atoms with E-state index in [2.05, 4.69) is 0 Å². The Morgan fingerprint density at radius 2 is 1.12 bits per heavy atom. The molecule has 0 N–H and O–H groups in total. The highest BCUT2D eigenvalue weighted by Gasteiger charge is 2.40. The first kappa shape index (κ1) is 19.1. The molecule has 0 bridgehead atoms. The third-order valence-corrected chi connectivity index (χ3v) is 3.42. The average Bonchev–Trinajstić information content (AvgIpc) is 2.43. The van der Waals surface area contributed by atoms with Crippen LogP contribution < -0.4 is 0 Å². The van der Waals surface area contributed by atoms with Crippen molar-refractivity contribution in [3.8, 4) is 11.1 Å². The monoisotopic (exact) mass is 372 g/mol. The molecule has 0 saturated carbocycles. The topological polar surface area (TPSA) is 0 Å². The molecule has 2 rings (SSSR count). The van der Waals surface area contributed by atoms with Gasteiger partial charge in [0.2, 0.25) is 0 Å². The lowest BCUT2D eigenvalue weighted by Crippen LogP contribution is -2.13. The number of benzene rings is 2. The van der Waals surface area contributed by atoms with Crippen molar-refractivity contribution >= 4 is 0 Å². The van der Waals surface area contributed by atoms with E-state index in [-0.39, 0.29) is 23.8 Å². The van der Waals surface area contributed by atoms with Crippen molar-refractivity contribution in [1.82, 2.24) is 0 Å². The summed E-state index contributed by atoms with van der Waals surface area (Å²) in [6.07, 6.45) is -15.1. The Labute approximate surface area is 135 Å². The number of halogens is 9. The maximum absolute atomic E-state index is 13.2. The van der Waals surface area contributed by atoms with Gasteiger partial charge in [-0.15, -0.1) is 0 Å². The van der Waals surface area contributed by atoms with Gasteiger partial charge in [0.1, 0.15) is 0 Å². The number of rotatable bonds is 1. The molecule has 2 aromatic rings. The van der Waals surface area contributed by atoms with Crippen molar-refractivity contribution in [3.05, 3.63) is 58.7 Å². The van der Waals surface area contributed by atoms with Crippen LogP contribution in [0.15, 0.2) is 36.4 Å². The molecule has 0 spiro atoms. The van der Waals surface area contributed by atoms with Crippen LogP contribution in [0.5, 0.6) is 0 Å². The summed E-state index contributed by atoms with van der Waals surface area (Å²) < 4.78 is 117. The van der Waals surface area contributed by atoms with Crippen LogP contribution in [-0.4, -0.2) is 0 Å². The van der Waals surface area contributed by atoms with Gasteiger partial charge >= 0.3 is 18.5 Å². The summed E-state index contributed by atoms with van der Waals surface area (Å²) in [6, 6.07) is 2.85. The molecule has 25 heavy (non-hydrogen) atoms. The zero-order valence-corrected chi connectivity index (χ0v) is 12.4. The fourth-order valence-electron chi connectivity index (χ4n) is 2.32. The molecule has 2 aromatic carbocycles. The Hall–Kier alpha value is -2.19. The van der Waals surface area contributed by atoms with Crippen molar-refractivity contribution in [2.75, 3.05) is 0 Å². The van der Waals surface area contributed by atoms with Crippen molar-refractivity contribution < 1.29 is 39.5 Å². The Balaban J connectivity index is 2.86. The Kier molecular flexibility index (Phi) is 4.56. The summed E-state index contributed by atoms with van der Waals surface area (Å²) in [4.78, 5) is 0. The summed E-state index contributed by atoms with van der Waals surface area (Å²) in [5.74, 6) is 0. The van der Waals surface area contributed by atoms with Crippen LogP contribution in [0.4, 0.5) is 39.5 Å². The predicted octanol–water partition coefficient (Wildman–Crippen LogP) is 6.72. The molecule has 0 heterocycles. The van der Waals surface area contributed by atoms with E-state index in [9.17, 15) is 39.5 Å². The predicted molar refractivity (Wildman–Crippen MR) is 71.6 cm³/mol. The molecule has 0 nitrogen and oxygen atoms in total. The van der Waals surface area contributed by atoms with E-state index in [1.54, 1.807) is 0 Å². The number of alkyl halides is 9. The van der Waals surface area contributed by atoms with Gasteiger partial charge in [0.15, 0.2) is 0 Å². The van der Waals surface area contributed by atoms with Crippen LogP contribution in [0.2, 0.25) is 0 Å². The second-order valence-corrected chi connectivity index (χ2v) is 5.30. The largest absolute Gasteiger partial charge is 0.417 e. The van der Waals surface area contributed by atoms with E-state index >= 15 is 0 Å². The van der Waals surface area contributed by atoms with Crippen LogP contribution in [-0.2, 0) is 18.5 Å². The first-order chi connectivity index (χ1) is 11.2. The zero-order valence-electron chi connectivity index (χ0n) is 12.4. The quantitative estimate of drug-likeness (QED) is 0.488. The zero-order chi connectivity index (χ0) is 19.2. The van der Waals surface area contributed by atoms with Gasteiger partial charge in [0.05, 0.1) is 16.7 Å². The molecule has 0 amide bonds. The molecule has 0 aliphatic heterocycles. The minimum absolute atomic E-state index is 0.0860. The maximum atomic E-state index is 13.2. The summed E-state index contributed by atoms with van der Waals surface area (Å²) in [5.41, 5.74) is -6.50. The summed E-state index contributed by atoms with van der Waals surface area (Å²) in [6.45, 7) is 1.29. The SMILES string of the molecule is Cc1ccc(-c2cc(C(F)(F)F)ccc2C(F)(F)F)c(C(F)(F)F)c1. The van der Waals surface area contributed by atoms with E-state index in [0.717, 1.165) is 12.1 Å². The Bertz CT molecular complexity index is 780. The van der Waals surface area contributed by atoms with Gasteiger partial charge in [0.25, 0.3) is 0 Å². The number of aryl methyl sites for hydroxylation is 1. The molecule has 9 heteroatoms. The summed E-state index contributed by atoms with van der Waals surface area (Å²) in [5, 5.41) is 0. The molecule has 0 aliphatic rings. The fraction of sp³-hybridized carbons (Fsp3) is 0.250. The smallest absolute Gasteiger partial charge is 0.166 e. The van der Waals surface area contributed by atoms with Crippen LogP contribution in [0, 0.1) is 6.92 Å². The average molecular weight is 372 g/mol. The van der Waals surface area contributed by atoms with Gasteiger partial charge in [0, 0.05) is 0 Å². The van der Waals surface area contributed by atoms with Crippen LogP contribution in [0.25, 0.3) is 11.1 Å². The maximum Gasteiger partial charge on any atom is 0.417 e. The molecular weight excluding hydrogens is 363 g/mol. The van der Waals surface area contributed by atoms with Gasteiger partial charge in [-0.05, 0) is 42.3 Å². The van der Waals surface area contributed by atoms with E-state index in [0.29, 0.717) is 6.07 Å². The van der Waals surface area contributed by atoms with Crippen molar-refractivity contribution in [2.24, 2.45) is 0 Å². The first-order valence-corrected chi connectivity index (χ1v) is 6.68. The lowest BCUT2D eigenvalue weighted by atomic mass is 9.92. The molecule has 0 saturated heterocycles. The van der Waals surface area contributed by atoms with E-state index in [1.807, 2.05) is 0 Å². The minimum Gasteiger partial charge on any atom is -0.166 e. The summed E-state index contributed by atoms with van der Waals surface area (Å²) in [7, 11) is 0. The normalized spacial score (nSPS) is 13.2. The molecule has 136 valence electrons. The number of hydrogen-bond donors (Lipinski definition) is 0. The minimum atomic E-state index is -5.12. The van der Waals surface area contributed by atoms with Crippen LogP contribution in [0.3, 0.4) is 0 Å². The highest BCUT2D eigenvalue weighted by atomic mass is 19.4. The van der Waals surface area contributed by atoms with Gasteiger partial charge in [-0.2, -0.15) is 39.5 Å². The molecule has 0 fully saturated rings. The van der Waals surface area contributed by atoms with Crippen LogP contribution >= 0.6 is 0 Å². The Morgan fingerprint density at radius 3 is 1.60 bits per heavy atom. The highest BCUT2D eigenvalue weighted by Crippen LogP contribution is 2.44. The molecule has 0 aliphatic carbocycles. The molecular formula is C16H9F9. The molecule has 0 unspecified atom stereocenters. The van der Waals surface area contributed by atoms with E-state index in [4.69, 9.17) is 0 Å². The molecule has 0 atom stereocenters. The molecule has 0 aromatic heterocycles. The van der Waals surface area contributed by atoms with Crippen LogP contribution in [0.1, 0.15) is 22.3 Å². The van der Waals surface area contributed by atoms with Gasteiger partial charge in [-0.3, -0.25) is 0 Å². The van der Waals surface area contributed by atoms with E-state index in [1.165, 1.54) is 6.92 Å². The number of hydrogen-bond acceptors (Lipinski definition) is 0. The highest BCUT2D eigenvalue weighted by molar-refractivity contribution is 5.73. The summed E-state index contributed by atoms with van der Waals surface area (Å²) >= 11 is 0. The van der Waals surface area contributed by atoms with Crippen molar-refractivity contribution in [1.29, 1.82) is 0 Å². The standard InChI is InChI=1S/C16H9F9/c1-8-2-4-10(13(6-8)16(23,24)25)11-7-9(14(17,18)19)3-5-12(11)15(20,21)22/h2-7H,1H3. The Morgan fingerprint density at radius 1 is 0.560 bits per heavy atom. The third-order valence-electron chi connectivity index (χ3n) is 3.42. The molecule has 0 radical (unpaired) electrons. The van der Waals surface area contributed by atoms with Crippen molar-refractivity contribution in [2.45, 2.75) is 25.5 Å². The fourth-order valence-corrected chi connectivity index (χ4v) is 2.32. The second kappa shape index (κ2) is 5.96. The first-order valence-electron chi connectivity index (χ1n) is 6.68. The van der Waals surface area contributed by atoms with Gasteiger partial charge in [-0.25, -0.2) is 0 Å². The van der Waals surface area contributed by atoms with Gasteiger partial charge in [-0.1, -0.05) is 17.7 Å². The lowest BCUT2D eigenvalue weighted by molar-refractivity contribution is -0.141. The van der Waals surface area contributed by atoms with Gasteiger partial charge < -0.3 is 0 Å². The van der Waals surface area contributed by atoms with E-state index < -0.39 is 46.3 Å². The second-order valence-electron chi connectivity index (χ2n) is 5.30. The van der Waals surface area contributed by atoms with Crippen molar-refractivity contribution in [3.63, 3.8) is 0 Å². The third kappa shape index (κ3) is 4.08.